The minimum absolute atomic E-state index is 0.146. The van der Waals surface area contributed by atoms with E-state index in [1.807, 2.05) is 43.3 Å². The number of hydrogen-bond acceptors (Lipinski definition) is 7. The lowest BCUT2D eigenvalue weighted by molar-refractivity contribution is 0.102. The molecule has 0 unspecified atom stereocenters. The maximum Gasteiger partial charge on any atom is 0.255 e. The van der Waals surface area contributed by atoms with Gasteiger partial charge in [0, 0.05) is 29.7 Å². The Hall–Kier alpha value is -4.17. The largest absolute Gasteiger partial charge is 0.322 e. The van der Waals surface area contributed by atoms with Gasteiger partial charge in [0.1, 0.15) is 0 Å². The van der Waals surface area contributed by atoms with Gasteiger partial charge < -0.3 is 15.5 Å². The molecule has 0 radical (unpaired) electrons. The van der Waals surface area contributed by atoms with Crippen molar-refractivity contribution in [3.63, 3.8) is 0 Å². The average Bonchev–Trinajstić information content (AvgIpc) is 2.95. The second-order valence-corrected chi connectivity index (χ2v) is 9.78. The summed E-state index contributed by atoms with van der Waals surface area (Å²) < 4.78 is 0. The first-order chi connectivity index (χ1) is 18.5. The number of carbonyl (C=O) groups is 1. The SMILES string of the molecule is CCN1CCC(c2cc(C)cc(C(=O)Nc3cnc(C)c(Nc4nccc(-c5cccnc5)n4)c3)c2)CC1. The van der Waals surface area contributed by atoms with Gasteiger partial charge in [-0.15, -0.1) is 0 Å². The molecule has 3 aromatic heterocycles. The molecular formula is C30H33N7O. The molecule has 8 heteroatoms. The summed E-state index contributed by atoms with van der Waals surface area (Å²) >= 11 is 0. The molecule has 1 aliphatic rings. The van der Waals surface area contributed by atoms with Crippen LogP contribution >= 0.6 is 0 Å². The Bertz CT molecular complexity index is 1420. The number of nitrogens with one attached hydrogen (secondary N) is 2. The zero-order valence-corrected chi connectivity index (χ0v) is 22.1. The summed E-state index contributed by atoms with van der Waals surface area (Å²) in [6.45, 7) is 9.47. The van der Waals surface area contributed by atoms with Gasteiger partial charge in [0.25, 0.3) is 5.91 Å². The van der Waals surface area contributed by atoms with Crippen LogP contribution in [0.2, 0.25) is 0 Å². The van der Waals surface area contributed by atoms with Crippen molar-refractivity contribution in [3.05, 3.63) is 89.6 Å². The molecule has 38 heavy (non-hydrogen) atoms. The number of benzene rings is 1. The number of anilines is 3. The first-order valence-electron chi connectivity index (χ1n) is 13.1. The number of amides is 1. The summed E-state index contributed by atoms with van der Waals surface area (Å²) in [5, 5.41) is 6.27. The summed E-state index contributed by atoms with van der Waals surface area (Å²) in [7, 11) is 0. The van der Waals surface area contributed by atoms with Crippen molar-refractivity contribution in [2.75, 3.05) is 30.3 Å². The predicted octanol–water partition coefficient (Wildman–Crippen LogP) is 5.75. The van der Waals surface area contributed by atoms with E-state index in [9.17, 15) is 4.79 Å². The van der Waals surface area contributed by atoms with E-state index in [0.29, 0.717) is 23.1 Å². The lowest BCUT2D eigenvalue weighted by Gasteiger charge is -2.31. The standard InChI is InChI=1S/C30H33N7O/c1-4-37-12-8-22(9-13-37)24-14-20(2)15-25(16-24)29(38)34-26-17-28(21(3)33-19-26)36-30-32-11-7-27(35-30)23-6-5-10-31-18-23/h5-7,10-11,14-19,22H,4,8-9,12-13H2,1-3H3,(H,34,38)(H,32,35,36). The molecule has 0 aliphatic carbocycles. The Morgan fingerprint density at radius 3 is 2.63 bits per heavy atom. The van der Waals surface area contributed by atoms with Crippen LogP contribution in [0.3, 0.4) is 0 Å². The van der Waals surface area contributed by atoms with E-state index >= 15 is 0 Å². The van der Waals surface area contributed by atoms with Crippen molar-refractivity contribution in [1.82, 2.24) is 24.8 Å². The minimum Gasteiger partial charge on any atom is -0.322 e. The molecule has 0 saturated carbocycles. The molecule has 1 aromatic carbocycles. The highest BCUT2D eigenvalue weighted by Gasteiger charge is 2.21. The highest BCUT2D eigenvalue weighted by Crippen LogP contribution is 2.30. The molecular weight excluding hydrogens is 474 g/mol. The number of nitrogens with zero attached hydrogens (tertiary/aromatic N) is 5. The van der Waals surface area contributed by atoms with Crippen LogP contribution in [0.1, 0.15) is 52.9 Å². The summed E-state index contributed by atoms with van der Waals surface area (Å²) in [5.41, 5.74) is 6.78. The minimum atomic E-state index is -0.146. The number of pyridine rings is 2. The van der Waals surface area contributed by atoms with Gasteiger partial charge in [-0.05, 0) is 94.2 Å². The van der Waals surface area contributed by atoms with Crippen LogP contribution in [0.15, 0.2) is 67.3 Å². The Morgan fingerprint density at radius 2 is 1.87 bits per heavy atom. The Kier molecular flexibility index (Phi) is 7.70. The third-order valence-electron chi connectivity index (χ3n) is 7.07. The van der Waals surface area contributed by atoms with Gasteiger partial charge in [0.05, 0.1) is 29.0 Å². The number of aryl methyl sites for hydroxylation is 2. The normalized spacial score (nSPS) is 14.3. The molecule has 0 bridgehead atoms. The molecule has 1 amide bonds. The monoisotopic (exact) mass is 507 g/mol. The molecule has 0 atom stereocenters. The molecule has 8 nitrogen and oxygen atoms in total. The fraction of sp³-hybridized carbons (Fsp3) is 0.300. The fourth-order valence-electron chi connectivity index (χ4n) is 4.91. The quantitative estimate of drug-likeness (QED) is 0.329. The molecule has 0 spiro atoms. The number of carbonyl (C=O) groups excluding carboxylic acids is 1. The maximum absolute atomic E-state index is 13.3. The zero-order valence-electron chi connectivity index (χ0n) is 22.1. The van der Waals surface area contributed by atoms with Crippen molar-refractivity contribution in [2.45, 2.75) is 39.5 Å². The highest BCUT2D eigenvalue weighted by atomic mass is 16.1. The van der Waals surface area contributed by atoms with E-state index in [1.165, 1.54) is 5.56 Å². The second kappa shape index (κ2) is 11.5. The van der Waals surface area contributed by atoms with Crippen molar-refractivity contribution >= 4 is 23.2 Å². The van der Waals surface area contributed by atoms with E-state index in [1.54, 1.807) is 24.8 Å². The molecule has 2 N–H and O–H groups in total. The van der Waals surface area contributed by atoms with Crippen LogP contribution < -0.4 is 10.6 Å². The highest BCUT2D eigenvalue weighted by molar-refractivity contribution is 6.04. The van der Waals surface area contributed by atoms with Gasteiger partial charge in [-0.25, -0.2) is 9.97 Å². The van der Waals surface area contributed by atoms with Crippen LogP contribution in [0, 0.1) is 13.8 Å². The molecule has 4 aromatic rings. The molecule has 4 heterocycles. The Balaban J connectivity index is 1.31. The van der Waals surface area contributed by atoms with Crippen LogP contribution in [0.5, 0.6) is 0 Å². The second-order valence-electron chi connectivity index (χ2n) is 9.78. The topological polar surface area (TPSA) is 95.9 Å². The van der Waals surface area contributed by atoms with E-state index in [-0.39, 0.29) is 5.91 Å². The first kappa shape index (κ1) is 25.5. The lowest BCUT2D eigenvalue weighted by atomic mass is 9.87. The molecule has 1 fully saturated rings. The molecule has 1 aliphatic heterocycles. The summed E-state index contributed by atoms with van der Waals surface area (Å²) in [4.78, 5) is 33.3. The van der Waals surface area contributed by atoms with Crippen LogP contribution in [-0.4, -0.2) is 50.4 Å². The number of piperidine rings is 1. The predicted molar refractivity (Wildman–Crippen MR) is 151 cm³/mol. The zero-order chi connectivity index (χ0) is 26.5. The molecule has 194 valence electrons. The molecule has 1 saturated heterocycles. The Labute approximate surface area is 223 Å². The van der Waals surface area contributed by atoms with E-state index < -0.39 is 0 Å². The summed E-state index contributed by atoms with van der Waals surface area (Å²) in [5.74, 6) is 0.785. The third-order valence-corrected chi connectivity index (χ3v) is 7.07. The van der Waals surface area contributed by atoms with Gasteiger partial charge in [0.2, 0.25) is 5.95 Å². The molecule has 5 rings (SSSR count). The van der Waals surface area contributed by atoms with Gasteiger partial charge in [-0.3, -0.25) is 14.8 Å². The number of rotatable bonds is 7. The maximum atomic E-state index is 13.3. The van der Waals surface area contributed by atoms with Crippen molar-refractivity contribution in [3.8, 4) is 11.3 Å². The average molecular weight is 508 g/mol. The summed E-state index contributed by atoms with van der Waals surface area (Å²) in [6.07, 6.45) is 9.11. The van der Waals surface area contributed by atoms with Crippen molar-refractivity contribution < 1.29 is 4.79 Å². The van der Waals surface area contributed by atoms with Gasteiger partial charge in [0.15, 0.2) is 0 Å². The smallest absolute Gasteiger partial charge is 0.255 e. The van der Waals surface area contributed by atoms with Gasteiger partial charge in [-0.1, -0.05) is 18.6 Å². The Morgan fingerprint density at radius 1 is 1.03 bits per heavy atom. The van der Waals surface area contributed by atoms with Crippen molar-refractivity contribution in [2.24, 2.45) is 0 Å². The van der Waals surface area contributed by atoms with Crippen LogP contribution in [0.4, 0.5) is 17.3 Å². The van der Waals surface area contributed by atoms with Gasteiger partial charge in [-0.2, -0.15) is 0 Å². The van der Waals surface area contributed by atoms with E-state index in [0.717, 1.165) is 60.7 Å². The summed E-state index contributed by atoms with van der Waals surface area (Å²) in [6, 6.07) is 13.7. The third kappa shape index (κ3) is 6.03. The number of aromatic nitrogens is 4. The van der Waals surface area contributed by atoms with Gasteiger partial charge >= 0.3 is 0 Å². The van der Waals surface area contributed by atoms with E-state index in [2.05, 4.69) is 55.4 Å². The van der Waals surface area contributed by atoms with Crippen LogP contribution in [-0.2, 0) is 0 Å². The van der Waals surface area contributed by atoms with Crippen molar-refractivity contribution in [1.29, 1.82) is 0 Å². The van der Waals surface area contributed by atoms with E-state index in [4.69, 9.17) is 0 Å². The number of likely N-dealkylation sites (tertiary alicyclic amines) is 1. The number of hydrogen-bond donors (Lipinski definition) is 2. The van der Waals surface area contributed by atoms with Crippen LogP contribution in [0.25, 0.3) is 11.3 Å². The lowest BCUT2D eigenvalue weighted by Crippen LogP contribution is -2.32. The fourth-order valence-corrected chi connectivity index (χ4v) is 4.91. The first-order valence-corrected chi connectivity index (χ1v) is 13.1.